The Morgan fingerprint density at radius 2 is 1.56 bits per heavy atom. The Hall–Kier alpha value is -1.51. The first-order valence-corrected chi connectivity index (χ1v) is 14.7. The van der Waals surface area contributed by atoms with Crippen molar-refractivity contribution in [2.24, 2.45) is 0 Å². The zero-order chi connectivity index (χ0) is 24.0. The fourth-order valence-corrected chi connectivity index (χ4v) is 7.13. The van der Waals surface area contributed by atoms with E-state index in [2.05, 4.69) is 31.2 Å². The van der Waals surface area contributed by atoms with Crippen LogP contribution in [0, 0.1) is 0 Å². The van der Waals surface area contributed by atoms with E-state index in [0.29, 0.717) is 11.5 Å². The lowest BCUT2D eigenvalue weighted by atomic mass is 10.1. The number of aryl methyl sites for hydroxylation is 1. The number of carbonyl (C=O) groups excluding carboxylic acids is 1. The van der Waals surface area contributed by atoms with Crippen molar-refractivity contribution in [1.29, 1.82) is 0 Å². The summed E-state index contributed by atoms with van der Waals surface area (Å²) >= 11 is 5.17. The number of ether oxygens (including phenoxy) is 3. The molecule has 4 heterocycles. The molecule has 1 saturated heterocycles. The molecule has 1 aliphatic rings. The fraction of sp³-hybridized carbons (Fsp3) is 0.519. The van der Waals surface area contributed by atoms with Crippen molar-refractivity contribution in [1.82, 2.24) is 0 Å². The van der Waals surface area contributed by atoms with Crippen molar-refractivity contribution in [3.8, 4) is 19.5 Å². The third-order valence-electron chi connectivity index (χ3n) is 5.80. The third kappa shape index (κ3) is 7.01. The molecular weight excluding hydrogens is 484 g/mol. The van der Waals surface area contributed by atoms with Gasteiger partial charge in [-0.2, -0.15) is 0 Å². The summed E-state index contributed by atoms with van der Waals surface area (Å²) < 4.78 is 16.7. The summed E-state index contributed by atoms with van der Waals surface area (Å²) in [5.74, 6) is -0.916. The average Bonchev–Trinajstić information content (AvgIpc) is 3.60. The first kappa shape index (κ1) is 25.6. The molecule has 0 aromatic carbocycles. The molecule has 1 fully saturated rings. The van der Waals surface area contributed by atoms with E-state index in [9.17, 15) is 4.79 Å². The highest BCUT2D eigenvalue weighted by atomic mass is 32.1. The van der Waals surface area contributed by atoms with Gasteiger partial charge >= 0.3 is 5.97 Å². The molecular formula is C27H34O4S3. The van der Waals surface area contributed by atoms with E-state index in [0.717, 1.165) is 4.88 Å². The predicted molar refractivity (Wildman–Crippen MR) is 143 cm³/mol. The highest BCUT2D eigenvalue weighted by molar-refractivity contribution is 7.26. The minimum Gasteiger partial charge on any atom is -0.459 e. The number of carbonyl (C=O) groups is 1. The zero-order valence-corrected chi connectivity index (χ0v) is 22.7. The minimum absolute atomic E-state index is 0.206. The second kappa shape index (κ2) is 12.0. The summed E-state index contributed by atoms with van der Waals surface area (Å²) in [6.45, 7) is 6.64. The maximum absolute atomic E-state index is 12.5. The van der Waals surface area contributed by atoms with Crippen LogP contribution in [0.2, 0.25) is 0 Å². The summed E-state index contributed by atoms with van der Waals surface area (Å²) in [4.78, 5) is 19.5. The molecule has 0 bridgehead atoms. The van der Waals surface area contributed by atoms with Gasteiger partial charge in [0.25, 0.3) is 0 Å². The van der Waals surface area contributed by atoms with Crippen molar-refractivity contribution in [3.05, 3.63) is 46.2 Å². The Bertz CT molecular complexity index is 1060. The van der Waals surface area contributed by atoms with Crippen LogP contribution in [0.1, 0.15) is 73.8 Å². The second-order valence-corrected chi connectivity index (χ2v) is 12.5. The van der Waals surface area contributed by atoms with E-state index in [1.807, 2.05) is 37.3 Å². The SMILES string of the molecule is CCCCCCCCc1ccc(-c2ccc(-c3ccc(C(=O)OC[C@H]4COC(C)(C)O4)s3)s2)s1. The topological polar surface area (TPSA) is 44.8 Å². The molecule has 1 aliphatic heterocycles. The third-order valence-corrected chi connectivity index (χ3v) is 9.49. The van der Waals surface area contributed by atoms with Gasteiger partial charge in [-0.25, -0.2) is 4.79 Å². The van der Waals surface area contributed by atoms with E-state index in [1.165, 1.54) is 75.8 Å². The van der Waals surface area contributed by atoms with Crippen molar-refractivity contribution >= 4 is 40.0 Å². The molecule has 34 heavy (non-hydrogen) atoms. The summed E-state index contributed by atoms with van der Waals surface area (Å²) in [5, 5.41) is 0. The first-order chi connectivity index (χ1) is 16.4. The number of esters is 1. The minimum atomic E-state index is -0.609. The van der Waals surface area contributed by atoms with Gasteiger partial charge in [-0.3, -0.25) is 0 Å². The van der Waals surface area contributed by atoms with E-state index >= 15 is 0 Å². The van der Waals surface area contributed by atoms with Gasteiger partial charge in [0, 0.05) is 24.4 Å². The Labute approximate surface area is 214 Å². The second-order valence-electron chi connectivity index (χ2n) is 9.16. The average molecular weight is 519 g/mol. The molecule has 7 heteroatoms. The smallest absolute Gasteiger partial charge is 0.348 e. The number of rotatable bonds is 12. The highest BCUT2D eigenvalue weighted by Gasteiger charge is 2.33. The Morgan fingerprint density at radius 3 is 2.29 bits per heavy atom. The molecule has 3 aromatic rings. The predicted octanol–water partition coefficient (Wildman–Crippen LogP) is 8.42. The molecule has 1 atom stereocenters. The van der Waals surface area contributed by atoms with Crippen LogP contribution in [0.5, 0.6) is 0 Å². The number of hydrogen-bond donors (Lipinski definition) is 0. The van der Waals surface area contributed by atoms with Crippen LogP contribution in [0.25, 0.3) is 19.5 Å². The van der Waals surface area contributed by atoms with Gasteiger partial charge in [-0.05, 0) is 63.1 Å². The van der Waals surface area contributed by atoms with Crippen molar-refractivity contribution in [2.75, 3.05) is 13.2 Å². The van der Waals surface area contributed by atoms with Crippen LogP contribution in [0.3, 0.4) is 0 Å². The number of thiophene rings is 3. The van der Waals surface area contributed by atoms with E-state index in [4.69, 9.17) is 14.2 Å². The van der Waals surface area contributed by atoms with Crippen molar-refractivity contribution < 1.29 is 19.0 Å². The molecule has 0 N–H and O–H groups in total. The van der Waals surface area contributed by atoms with Gasteiger partial charge in [0.1, 0.15) is 17.6 Å². The number of hydrogen-bond acceptors (Lipinski definition) is 7. The molecule has 4 rings (SSSR count). The van der Waals surface area contributed by atoms with Crippen LogP contribution in [0.4, 0.5) is 0 Å². The fourth-order valence-electron chi connectivity index (χ4n) is 3.99. The maximum atomic E-state index is 12.5. The summed E-state index contributed by atoms with van der Waals surface area (Å²) in [6, 6.07) is 12.7. The highest BCUT2D eigenvalue weighted by Crippen LogP contribution is 2.40. The molecule has 0 amide bonds. The molecule has 0 saturated carbocycles. The molecule has 0 spiro atoms. The lowest BCUT2D eigenvalue weighted by Gasteiger charge is -2.16. The normalized spacial score (nSPS) is 17.3. The van der Waals surface area contributed by atoms with Gasteiger partial charge in [0.05, 0.1) is 6.61 Å². The molecule has 3 aromatic heterocycles. The van der Waals surface area contributed by atoms with Gasteiger partial charge in [-0.15, -0.1) is 34.0 Å². The van der Waals surface area contributed by atoms with Gasteiger partial charge in [0.15, 0.2) is 5.79 Å². The monoisotopic (exact) mass is 518 g/mol. The Balaban J connectivity index is 1.28. The van der Waals surface area contributed by atoms with Gasteiger partial charge in [0.2, 0.25) is 0 Å². The van der Waals surface area contributed by atoms with Crippen LogP contribution < -0.4 is 0 Å². The maximum Gasteiger partial charge on any atom is 0.348 e. The largest absolute Gasteiger partial charge is 0.459 e. The summed E-state index contributed by atoms with van der Waals surface area (Å²) in [7, 11) is 0. The lowest BCUT2D eigenvalue weighted by Crippen LogP contribution is -2.25. The van der Waals surface area contributed by atoms with Crippen molar-refractivity contribution in [3.63, 3.8) is 0 Å². The standard InChI is InChI=1S/C27H34O4S3/c1-4-5-6-7-8-9-10-20-11-12-21(32-20)22-13-14-23(33-22)24-15-16-25(34-24)26(28)29-17-19-18-30-27(2,3)31-19/h11-16,19H,4-10,17-18H2,1-3H3/t19-/m0/s1. The van der Waals surface area contributed by atoms with Gasteiger partial charge < -0.3 is 14.2 Å². The molecule has 184 valence electrons. The van der Waals surface area contributed by atoms with Crippen LogP contribution in [-0.2, 0) is 20.6 Å². The summed E-state index contributed by atoms with van der Waals surface area (Å²) in [6.07, 6.45) is 8.98. The summed E-state index contributed by atoms with van der Waals surface area (Å²) in [5.41, 5.74) is 0. The number of unbranched alkanes of at least 4 members (excludes halogenated alkanes) is 5. The molecule has 0 aliphatic carbocycles. The van der Waals surface area contributed by atoms with E-state index in [1.54, 1.807) is 11.3 Å². The van der Waals surface area contributed by atoms with E-state index < -0.39 is 5.79 Å². The molecule has 0 unspecified atom stereocenters. The Morgan fingerprint density at radius 1 is 0.912 bits per heavy atom. The zero-order valence-electron chi connectivity index (χ0n) is 20.3. The van der Waals surface area contributed by atoms with Gasteiger partial charge in [-0.1, -0.05) is 39.0 Å². The van der Waals surface area contributed by atoms with Crippen LogP contribution >= 0.6 is 34.0 Å². The molecule has 0 radical (unpaired) electrons. The quantitative estimate of drug-likeness (QED) is 0.178. The first-order valence-electron chi connectivity index (χ1n) is 12.2. The van der Waals surface area contributed by atoms with Crippen molar-refractivity contribution in [2.45, 2.75) is 77.6 Å². The van der Waals surface area contributed by atoms with Crippen LogP contribution in [-0.4, -0.2) is 31.1 Å². The lowest BCUT2D eigenvalue weighted by molar-refractivity contribution is -0.142. The van der Waals surface area contributed by atoms with E-state index in [-0.39, 0.29) is 18.7 Å². The van der Waals surface area contributed by atoms with Crippen LogP contribution in [0.15, 0.2) is 36.4 Å². The molecule has 4 nitrogen and oxygen atoms in total. The Kier molecular flexibility index (Phi) is 8.99.